The molecule has 0 fully saturated rings. The summed E-state index contributed by atoms with van der Waals surface area (Å²) in [5.41, 5.74) is 3.57. The third kappa shape index (κ3) is 5.43. The van der Waals surface area contributed by atoms with E-state index < -0.39 is 0 Å². The summed E-state index contributed by atoms with van der Waals surface area (Å²) >= 11 is 1.76. The van der Waals surface area contributed by atoms with Crippen LogP contribution in [-0.4, -0.2) is 29.9 Å². The second kappa shape index (κ2) is 9.52. The summed E-state index contributed by atoms with van der Waals surface area (Å²) in [6.45, 7) is 9.46. The lowest BCUT2D eigenvalue weighted by Gasteiger charge is -2.26. The van der Waals surface area contributed by atoms with E-state index in [1.165, 1.54) is 22.4 Å². The van der Waals surface area contributed by atoms with Crippen LogP contribution in [0.3, 0.4) is 0 Å². The lowest BCUT2D eigenvalue weighted by molar-refractivity contribution is 0.0949. The van der Waals surface area contributed by atoms with Crippen LogP contribution in [0.1, 0.15) is 60.0 Å². The predicted molar refractivity (Wildman–Crippen MR) is 114 cm³/mol. The van der Waals surface area contributed by atoms with Crippen LogP contribution in [0.4, 0.5) is 0 Å². The Kier molecular flexibility index (Phi) is 7.08. The molecule has 1 aromatic heterocycles. The molecule has 146 valence electrons. The Labute approximate surface area is 167 Å². The maximum atomic E-state index is 12.6. The van der Waals surface area contributed by atoms with Crippen LogP contribution in [-0.2, 0) is 19.4 Å². The molecule has 0 spiro atoms. The Morgan fingerprint density at radius 2 is 2.07 bits per heavy atom. The zero-order valence-electron chi connectivity index (χ0n) is 16.8. The number of amides is 1. The van der Waals surface area contributed by atoms with Gasteiger partial charge in [0.25, 0.3) is 5.91 Å². The molecular weight excluding hydrogens is 352 g/mol. The fourth-order valence-electron chi connectivity index (χ4n) is 3.78. The predicted octanol–water partition coefficient (Wildman–Crippen LogP) is 4.90. The molecular formula is C23H32N2OS. The number of hydrogen-bond acceptors (Lipinski definition) is 3. The van der Waals surface area contributed by atoms with Gasteiger partial charge in [-0.05, 0) is 56.6 Å². The van der Waals surface area contributed by atoms with Crippen molar-refractivity contribution >= 4 is 17.2 Å². The van der Waals surface area contributed by atoms with E-state index in [4.69, 9.17) is 0 Å². The largest absolute Gasteiger partial charge is 0.352 e. The molecule has 1 aromatic carbocycles. The van der Waals surface area contributed by atoms with Crippen molar-refractivity contribution in [1.82, 2.24) is 10.2 Å². The SMILES string of the molecule is CC(C)N(CCCNC(=O)c1csc2c1CC[C@H](C)C2)Cc1ccccc1. The quantitative estimate of drug-likeness (QED) is 0.656. The Morgan fingerprint density at radius 3 is 2.81 bits per heavy atom. The lowest BCUT2D eigenvalue weighted by atomic mass is 9.88. The summed E-state index contributed by atoms with van der Waals surface area (Å²) in [6.07, 6.45) is 4.37. The fourth-order valence-corrected chi connectivity index (χ4v) is 5.03. The maximum Gasteiger partial charge on any atom is 0.252 e. The number of thiophene rings is 1. The van der Waals surface area contributed by atoms with Crippen molar-refractivity contribution in [3.8, 4) is 0 Å². The Bertz CT molecular complexity index is 738. The van der Waals surface area contributed by atoms with Crippen molar-refractivity contribution in [2.24, 2.45) is 5.92 Å². The van der Waals surface area contributed by atoms with Gasteiger partial charge >= 0.3 is 0 Å². The van der Waals surface area contributed by atoms with Gasteiger partial charge < -0.3 is 5.32 Å². The molecule has 1 N–H and O–H groups in total. The standard InChI is InChI=1S/C23H32N2OS/c1-17(2)25(15-19-8-5-4-6-9-19)13-7-12-24-23(26)21-16-27-22-14-18(3)10-11-20(21)22/h4-6,8-9,16-18H,7,10-15H2,1-3H3,(H,24,26)/t18-/m0/s1. The number of carbonyl (C=O) groups is 1. The van der Waals surface area contributed by atoms with Gasteiger partial charge in [-0.15, -0.1) is 11.3 Å². The average molecular weight is 385 g/mol. The summed E-state index contributed by atoms with van der Waals surface area (Å²) in [5.74, 6) is 0.861. The van der Waals surface area contributed by atoms with Crippen LogP contribution in [0, 0.1) is 5.92 Å². The number of rotatable bonds is 8. The normalized spacial score (nSPS) is 16.6. The first-order valence-electron chi connectivity index (χ1n) is 10.2. The Hall–Kier alpha value is -1.65. The minimum atomic E-state index is 0.112. The minimum Gasteiger partial charge on any atom is -0.352 e. The van der Waals surface area contributed by atoms with Crippen LogP contribution >= 0.6 is 11.3 Å². The molecule has 1 aliphatic rings. The first-order valence-corrected chi connectivity index (χ1v) is 11.1. The van der Waals surface area contributed by atoms with Crippen molar-refractivity contribution in [2.75, 3.05) is 13.1 Å². The van der Waals surface area contributed by atoms with Crippen LogP contribution < -0.4 is 5.32 Å². The number of nitrogens with zero attached hydrogens (tertiary/aromatic N) is 1. The van der Waals surface area contributed by atoms with E-state index in [0.29, 0.717) is 6.04 Å². The molecule has 2 aromatic rings. The molecule has 1 heterocycles. The van der Waals surface area contributed by atoms with Gasteiger partial charge in [0.1, 0.15) is 0 Å². The van der Waals surface area contributed by atoms with Gasteiger partial charge in [0, 0.05) is 35.9 Å². The highest BCUT2D eigenvalue weighted by Crippen LogP contribution is 2.32. The highest BCUT2D eigenvalue weighted by atomic mass is 32.1. The van der Waals surface area contributed by atoms with E-state index in [-0.39, 0.29) is 5.91 Å². The Balaban J connectivity index is 1.47. The van der Waals surface area contributed by atoms with E-state index in [0.717, 1.165) is 50.4 Å². The van der Waals surface area contributed by atoms with Gasteiger partial charge in [-0.1, -0.05) is 37.3 Å². The number of benzene rings is 1. The van der Waals surface area contributed by atoms with Gasteiger partial charge in [-0.3, -0.25) is 9.69 Å². The minimum absolute atomic E-state index is 0.112. The monoisotopic (exact) mass is 384 g/mol. The molecule has 0 saturated heterocycles. The second-order valence-electron chi connectivity index (χ2n) is 8.06. The highest BCUT2D eigenvalue weighted by molar-refractivity contribution is 7.10. The van der Waals surface area contributed by atoms with Crippen molar-refractivity contribution < 1.29 is 4.79 Å². The first kappa shape index (κ1) is 20.1. The molecule has 0 aliphatic heterocycles. The van der Waals surface area contributed by atoms with Crippen molar-refractivity contribution in [3.05, 3.63) is 57.3 Å². The van der Waals surface area contributed by atoms with Gasteiger partial charge in [-0.25, -0.2) is 0 Å². The number of carbonyl (C=O) groups excluding carboxylic acids is 1. The molecule has 3 nitrogen and oxygen atoms in total. The summed E-state index contributed by atoms with van der Waals surface area (Å²) in [7, 11) is 0. The van der Waals surface area contributed by atoms with E-state index >= 15 is 0 Å². The number of nitrogens with one attached hydrogen (secondary N) is 1. The van der Waals surface area contributed by atoms with Crippen molar-refractivity contribution in [1.29, 1.82) is 0 Å². The molecule has 0 bridgehead atoms. The van der Waals surface area contributed by atoms with Gasteiger partial charge in [0.2, 0.25) is 0 Å². The summed E-state index contributed by atoms with van der Waals surface area (Å²) in [6, 6.07) is 11.1. The molecule has 0 unspecified atom stereocenters. The van der Waals surface area contributed by atoms with E-state index in [1.54, 1.807) is 11.3 Å². The van der Waals surface area contributed by atoms with E-state index in [1.807, 2.05) is 0 Å². The lowest BCUT2D eigenvalue weighted by Crippen LogP contribution is -2.34. The molecule has 1 atom stereocenters. The molecule has 27 heavy (non-hydrogen) atoms. The van der Waals surface area contributed by atoms with Gasteiger partial charge in [-0.2, -0.15) is 0 Å². The van der Waals surface area contributed by atoms with Crippen LogP contribution in [0.15, 0.2) is 35.7 Å². The highest BCUT2D eigenvalue weighted by Gasteiger charge is 2.23. The molecule has 3 rings (SSSR count). The molecule has 1 amide bonds. The maximum absolute atomic E-state index is 12.6. The topological polar surface area (TPSA) is 32.3 Å². The summed E-state index contributed by atoms with van der Waals surface area (Å²) in [4.78, 5) is 16.5. The molecule has 0 saturated carbocycles. The van der Waals surface area contributed by atoms with E-state index in [2.05, 4.69) is 66.7 Å². The van der Waals surface area contributed by atoms with Gasteiger partial charge in [0.05, 0.1) is 5.56 Å². The molecule has 0 radical (unpaired) electrons. The third-order valence-corrected chi connectivity index (χ3v) is 6.56. The average Bonchev–Trinajstić information content (AvgIpc) is 3.07. The second-order valence-corrected chi connectivity index (χ2v) is 9.02. The smallest absolute Gasteiger partial charge is 0.252 e. The Morgan fingerprint density at radius 1 is 1.30 bits per heavy atom. The number of hydrogen-bond donors (Lipinski definition) is 1. The summed E-state index contributed by atoms with van der Waals surface area (Å²) < 4.78 is 0. The fraction of sp³-hybridized carbons (Fsp3) is 0.522. The van der Waals surface area contributed by atoms with Gasteiger partial charge in [0.15, 0.2) is 0 Å². The first-order chi connectivity index (χ1) is 13.0. The zero-order valence-corrected chi connectivity index (χ0v) is 17.6. The van der Waals surface area contributed by atoms with Crippen molar-refractivity contribution in [3.63, 3.8) is 0 Å². The zero-order chi connectivity index (χ0) is 19.2. The van der Waals surface area contributed by atoms with Crippen LogP contribution in [0.2, 0.25) is 0 Å². The van der Waals surface area contributed by atoms with E-state index in [9.17, 15) is 4.79 Å². The van der Waals surface area contributed by atoms with Crippen molar-refractivity contribution in [2.45, 2.75) is 59.0 Å². The third-order valence-electron chi connectivity index (χ3n) is 5.51. The summed E-state index contributed by atoms with van der Waals surface area (Å²) in [5, 5.41) is 5.21. The van der Waals surface area contributed by atoms with Crippen LogP contribution in [0.5, 0.6) is 0 Å². The van der Waals surface area contributed by atoms with Crippen LogP contribution in [0.25, 0.3) is 0 Å². The number of fused-ring (bicyclic) bond motifs is 1. The molecule has 4 heteroatoms. The molecule has 1 aliphatic carbocycles.